The van der Waals surface area contributed by atoms with Crippen LogP contribution in [0.2, 0.25) is 0 Å². The van der Waals surface area contributed by atoms with Gasteiger partial charge in [0, 0.05) is 25.8 Å². The van der Waals surface area contributed by atoms with Crippen LogP contribution in [0.15, 0.2) is 24.3 Å². The first-order valence-electron chi connectivity index (χ1n) is 6.45. The van der Waals surface area contributed by atoms with E-state index in [1.807, 2.05) is 25.1 Å². The van der Waals surface area contributed by atoms with Crippen molar-refractivity contribution in [1.29, 1.82) is 0 Å². The number of carbonyl (C=O) groups excluding carboxylic acids is 1. The molecule has 3 N–H and O–H groups in total. The molecule has 0 radical (unpaired) electrons. The van der Waals surface area contributed by atoms with Crippen LogP contribution in [-0.2, 0) is 16.0 Å². The molecule has 0 spiro atoms. The summed E-state index contributed by atoms with van der Waals surface area (Å²) < 4.78 is 4.82. The number of benzene rings is 1. The monoisotopic (exact) mass is 280 g/mol. The van der Waals surface area contributed by atoms with E-state index in [9.17, 15) is 9.59 Å². The van der Waals surface area contributed by atoms with Crippen molar-refractivity contribution >= 4 is 17.7 Å². The van der Waals surface area contributed by atoms with Crippen LogP contribution in [0.25, 0.3) is 0 Å². The Bertz CT molecular complexity index is 462. The highest BCUT2D eigenvalue weighted by Crippen LogP contribution is 2.15. The number of para-hydroxylation sites is 1. The van der Waals surface area contributed by atoms with E-state index in [4.69, 9.17) is 9.84 Å². The lowest BCUT2D eigenvalue weighted by atomic mass is 10.1. The van der Waals surface area contributed by atoms with Crippen molar-refractivity contribution in [3.05, 3.63) is 29.8 Å². The van der Waals surface area contributed by atoms with Crippen molar-refractivity contribution < 1.29 is 19.4 Å². The maximum Gasteiger partial charge on any atom is 0.326 e. The second-order valence-electron chi connectivity index (χ2n) is 4.28. The molecule has 0 aliphatic carbocycles. The second kappa shape index (κ2) is 8.16. The molecule has 0 aliphatic heterocycles. The number of nitrogens with one attached hydrogen (secondary N) is 2. The first-order valence-corrected chi connectivity index (χ1v) is 6.45. The standard InChI is InChI=1S/C14H20N2O4/c1-3-10-6-4-5-7-11(10)15-14(19)16-12(13(17)18)8-9-20-2/h4-7,12H,3,8-9H2,1-2H3,(H,17,18)(H2,15,16,19). The number of hydrogen-bond acceptors (Lipinski definition) is 3. The van der Waals surface area contributed by atoms with Gasteiger partial charge in [0.1, 0.15) is 6.04 Å². The molecule has 0 bridgehead atoms. The molecule has 1 aromatic rings. The Morgan fingerprint density at radius 3 is 2.65 bits per heavy atom. The molecule has 1 aromatic carbocycles. The lowest BCUT2D eigenvalue weighted by Gasteiger charge is -2.16. The Balaban J connectivity index is 2.63. The van der Waals surface area contributed by atoms with Crippen LogP contribution in [0, 0.1) is 0 Å². The molecule has 1 rings (SSSR count). The molecule has 20 heavy (non-hydrogen) atoms. The van der Waals surface area contributed by atoms with E-state index >= 15 is 0 Å². The van der Waals surface area contributed by atoms with Gasteiger partial charge in [-0.1, -0.05) is 25.1 Å². The molecular formula is C14H20N2O4. The summed E-state index contributed by atoms with van der Waals surface area (Å²) in [5, 5.41) is 14.1. The number of hydrogen-bond donors (Lipinski definition) is 3. The van der Waals surface area contributed by atoms with Gasteiger partial charge in [0.2, 0.25) is 0 Å². The third kappa shape index (κ3) is 4.89. The van der Waals surface area contributed by atoms with Gasteiger partial charge < -0.3 is 20.5 Å². The molecule has 110 valence electrons. The van der Waals surface area contributed by atoms with E-state index in [1.165, 1.54) is 7.11 Å². The molecule has 0 saturated heterocycles. The Hall–Kier alpha value is -2.08. The van der Waals surface area contributed by atoms with Crippen molar-refractivity contribution in [3.8, 4) is 0 Å². The van der Waals surface area contributed by atoms with Gasteiger partial charge in [0.15, 0.2) is 0 Å². The van der Waals surface area contributed by atoms with Gasteiger partial charge in [-0.05, 0) is 18.1 Å². The summed E-state index contributed by atoms with van der Waals surface area (Å²) in [5.74, 6) is -1.08. The highest BCUT2D eigenvalue weighted by molar-refractivity contribution is 5.92. The van der Waals surface area contributed by atoms with Gasteiger partial charge in [-0.2, -0.15) is 0 Å². The smallest absolute Gasteiger partial charge is 0.326 e. The van der Waals surface area contributed by atoms with E-state index < -0.39 is 18.0 Å². The van der Waals surface area contributed by atoms with Crippen LogP contribution >= 0.6 is 0 Å². The molecule has 6 nitrogen and oxygen atoms in total. The van der Waals surface area contributed by atoms with E-state index in [-0.39, 0.29) is 13.0 Å². The van der Waals surface area contributed by atoms with Crippen molar-refractivity contribution in [2.75, 3.05) is 19.0 Å². The van der Waals surface area contributed by atoms with Crippen LogP contribution in [0.3, 0.4) is 0 Å². The fourth-order valence-corrected chi connectivity index (χ4v) is 1.76. The number of methoxy groups -OCH3 is 1. The van der Waals surface area contributed by atoms with E-state index in [1.54, 1.807) is 6.07 Å². The van der Waals surface area contributed by atoms with E-state index in [0.29, 0.717) is 5.69 Å². The molecule has 1 unspecified atom stereocenters. The number of amides is 2. The third-order valence-corrected chi connectivity index (χ3v) is 2.86. The molecule has 0 saturated carbocycles. The summed E-state index contributed by atoms with van der Waals surface area (Å²) in [6.07, 6.45) is 0.997. The average Bonchev–Trinajstić information content (AvgIpc) is 2.43. The Labute approximate surface area is 118 Å². The Kier molecular flexibility index (Phi) is 6.52. The molecule has 0 fully saturated rings. The minimum Gasteiger partial charge on any atom is -0.480 e. The Morgan fingerprint density at radius 2 is 2.05 bits per heavy atom. The molecule has 0 heterocycles. The zero-order chi connectivity index (χ0) is 15.0. The van der Waals surface area contributed by atoms with Crippen LogP contribution < -0.4 is 10.6 Å². The molecule has 0 aromatic heterocycles. The number of anilines is 1. The van der Waals surface area contributed by atoms with Crippen LogP contribution in [0.4, 0.5) is 10.5 Å². The first kappa shape index (κ1) is 16.0. The Morgan fingerprint density at radius 1 is 1.35 bits per heavy atom. The number of ether oxygens (including phenoxy) is 1. The lowest BCUT2D eigenvalue weighted by Crippen LogP contribution is -2.43. The summed E-state index contributed by atoms with van der Waals surface area (Å²) in [6, 6.07) is 5.89. The van der Waals surface area contributed by atoms with Crippen molar-refractivity contribution in [1.82, 2.24) is 5.32 Å². The maximum atomic E-state index is 11.8. The van der Waals surface area contributed by atoms with E-state index in [0.717, 1.165) is 12.0 Å². The van der Waals surface area contributed by atoms with Crippen molar-refractivity contribution in [3.63, 3.8) is 0 Å². The average molecular weight is 280 g/mol. The number of carboxylic acids is 1. The fourth-order valence-electron chi connectivity index (χ4n) is 1.76. The summed E-state index contributed by atoms with van der Waals surface area (Å²) in [7, 11) is 1.48. The number of carboxylic acid groups (broad SMARTS) is 1. The second-order valence-corrected chi connectivity index (χ2v) is 4.28. The highest BCUT2D eigenvalue weighted by atomic mass is 16.5. The summed E-state index contributed by atoms with van der Waals surface area (Å²) in [6.45, 7) is 2.25. The molecule has 2 amide bonds. The topological polar surface area (TPSA) is 87.7 Å². The van der Waals surface area contributed by atoms with Crippen LogP contribution in [0.5, 0.6) is 0 Å². The predicted molar refractivity (Wildman–Crippen MR) is 75.9 cm³/mol. The van der Waals surface area contributed by atoms with Gasteiger partial charge in [-0.15, -0.1) is 0 Å². The number of carbonyl (C=O) groups is 2. The fraction of sp³-hybridized carbons (Fsp3) is 0.429. The third-order valence-electron chi connectivity index (χ3n) is 2.86. The number of aryl methyl sites for hydroxylation is 1. The predicted octanol–water partition coefficient (Wildman–Crippen LogP) is 1.86. The normalized spacial score (nSPS) is 11.7. The zero-order valence-corrected chi connectivity index (χ0v) is 11.7. The van der Waals surface area contributed by atoms with Gasteiger partial charge in [-0.3, -0.25) is 0 Å². The van der Waals surface area contributed by atoms with Gasteiger partial charge in [0.25, 0.3) is 0 Å². The number of rotatable bonds is 7. The first-order chi connectivity index (χ1) is 9.58. The molecular weight excluding hydrogens is 260 g/mol. The van der Waals surface area contributed by atoms with Gasteiger partial charge >= 0.3 is 12.0 Å². The van der Waals surface area contributed by atoms with Gasteiger partial charge in [-0.25, -0.2) is 9.59 Å². The maximum absolute atomic E-state index is 11.8. The minimum absolute atomic E-state index is 0.217. The largest absolute Gasteiger partial charge is 0.480 e. The summed E-state index contributed by atoms with van der Waals surface area (Å²) in [4.78, 5) is 22.9. The highest BCUT2D eigenvalue weighted by Gasteiger charge is 2.19. The van der Waals surface area contributed by atoms with E-state index in [2.05, 4.69) is 10.6 Å². The SMILES string of the molecule is CCc1ccccc1NC(=O)NC(CCOC)C(=O)O. The number of aliphatic carboxylic acids is 1. The zero-order valence-electron chi connectivity index (χ0n) is 11.7. The van der Waals surface area contributed by atoms with Crippen molar-refractivity contribution in [2.45, 2.75) is 25.8 Å². The summed E-state index contributed by atoms with van der Waals surface area (Å²) in [5.41, 5.74) is 1.68. The molecule has 1 atom stereocenters. The van der Waals surface area contributed by atoms with Crippen LogP contribution in [0.1, 0.15) is 18.9 Å². The van der Waals surface area contributed by atoms with Crippen LogP contribution in [-0.4, -0.2) is 36.9 Å². The quantitative estimate of drug-likeness (QED) is 0.711. The molecule has 0 aliphatic rings. The minimum atomic E-state index is -1.08. The van der Waals surface area contributed by atoms with Crippen molar-refractivity contribution in [2.24, 2.45) is 0 Å². The number of urea groups is 1. The molecule has 6 heteroatoms. The summed E-state index contributed by atoms with van der Waals surface area (Å²) >= 11 is 0. The lowest BCUT2D eigenvalue weighted by molar-refractivity contribution is -0.139. The van der Waals surface area contributed by atoms with Gasteiger partial charge in [0.05, 0.1) is 0 Å².